The zero-order chi connectivity index (χ0) is 30.1. The van der Waals surface area contributed by atoms with Gasteiger partial charge in [0.1, 0.15) is 0 Å². The first-order chi connectivity index (χ1) is 21.5. The van der Waals surface area contributed by atoms with Gasteiger partial charge in [0.2, 0.25) is 0 Å². The molecule has 2 saturated carbocycles. The van der Waals surface area contributed by atoms with Crippen LogP contribution in [0.3, 0.4) is 0 Å². The first-order valence-electron chi connectivity index (χ1n) is 16.1. The van der Waals surface area contributed by atoms with Crippen LogP contribution in [0.2, 0.25) is 0 Å². The molecule has 1 aromatic heterocycles. The molecule has 1 heterocycles. The Morgan fingerprint density at radius 3 is 1.73 bits per heavy atom. The second kappa shape index (κ2) is 11.8. The number of benzene rings is 4. The Kier molecular flexibility index (Phi) is 7.56. The molecule has 7 rings (SSSR count). The lowest BCUT2D eigenvalue weighted by atomic mass is 9.54. The van der Waals surface area contributed by atoms with Crippen LogP contribution in [-0.4, -0.2) is 15.0 Å². The molecule has 2 fully saturated rings. The molecule has 4 aromatic carbocycles. The van der Waals surface area contributed by atoms with Gasteiger partial charge in [-0.05, 0) is 96.2 Å². The number of nitrogens with zero attached hydrogens (tertiary/aromatic N) is 4. The van der Waals surface area contributed by atoms with Crippen molar-refractivity contribution in [3.63, 3.8) is 0 Å². The van der Waals surface area contributed by atoms with Crippen LogP contribution in [-0.2, 0) is 5.41 Å². The van der Waals surface area contributed by atoms with E-state index in [9.17, 15) is 5.26 Å². The van der Waals surface area contributed by atoms with E-state index in [1.165, 1.54) is 49.7 Å². The van der Waals surface area contributed by atoms with E-state index >= 15 is 0 Å². The molecule has 0 spiro atoms. The Labute approximate surface area is 260 Å². The quantitative estimate of drug-likeness (QED) is 0.202. The van der Waals surface area contributed by atoms with E-state index in [1.54, 1.807) is 17.7 Å². The average molecular weight is 575 g/mol. The number of hydrogen-bond acceptors (Lipinski definition) is 4. The van der Waals surface area contributed by atoms with Gasteiger partial charge in [-0.2, -0.15) is 5.26 Å². The summed E-state index contributed by atoms with van der Waals surface area (Å²) < 4.78 is 0. The number of nitriles is 1. The normalized spacial score (nSPS) is 22.7. The third kappa shape index (κ3) is 5.55. The molecule has 0 radical (unpaired) electrons. The maximum atomic E-state index is 9.23. The van der Waals surface area contributed by atoms with Crippen molar-refractivity contribution in [2.45, 2.75) is 57.8 Å². The van der Waals surface area contributed by atoms with Crippen molar-refractivity contribution in [3.8, 4) is 51.4 Å². The number of rotatable bonds is 6. The lowest BCUT2D eigenvalue weighted by Crippen LogP contribution is -2.42. The van der Waals surface area contributed by atoms with E-state index < -0.39 is 0 Å². The van der Waals surface area contributed by atoms with Crippen molar-refractivity contribution < 1.29 is 0 Å². The summed E-state index contributed by atoms with van der Waals surface area (Å²) in [6, 6.07) is 37.6. The van der Waals surface area contributed by atoms with Crippen molar-refractivity contribution in [1.29, 1.82) is 5.26 Å². The van der Waals surface area contributed by atoms with E-state index in [4.69, 9.17) is 15.0 Å². The summed E-state index contributed by atoms with van der Waals surface area (Å²) in [6.07, 6.45) is 8.18. The van der Waals surface area contributed by atoms with Crippen molar-refractivity contribution >= 4 is 0 Å². The van der Waals surface area contributed by atoms with Crippen LogP contribution in [0.4, 0.5) is 0 Å². The smallest absolute Gasteiger partial charge is 0.164 e. The fraction of sp³-hybridized carbons (Fsp3) is 0.300. The van der Waals surface area contributed by atoms with E-state index in [2.05, 4.69) is 68.4 Å². The summed E-state index contributed by atoms with van der Waals surface area (Å²) in [5, 5.41) is 9.23. The highest BCUT2D eigenvalue weighted by Crippen LogP contribution is 2.54. The molecular formula is C40H38N4. The van der Waals surface area contributed by atoms with Crippen LogP contribution in [0.25, 0.3) is 45.3 Å². The minimum atomic E-state index is 0.353. The number of aromatic nitrogens is 3. The summed E-state index contributed by atoms with van der Waals surface area (Å²) in [6.45, 7) is 4.84. The van der Waals surface area contributed by atoms with Crippen molar-refractivity contribution in [2.24, 2.45) is 17.8 Å². The molecule has 44 heavy (non-hydrogen) atoms. The maximum absolute atomic E-state index is 9.23. The molecule has 4 nitrogen and oxygen atoms in total. The molecule has 4 atom stereocenters. The Bertz CT molecular complexity index is 1780. The molecule has 5 aromatic rings. The molecular weight excluding hydrogens is 536 g/mol. The van der Waals surface area contributed by atoms with E-state index in [1.807, 2.05) is 42.5 Å². The standard InChI is InChI=1S/C40H38N4/c1-3-28-22-30-21-27(2)23-40(24-28,25-30)36-19-17-32(18-20-36)31-13-15-35(16-14-31)39-43-37(33-7-5-4-6-8-33)42-38(44-39)34-11-9-29(26-41)10-12-34/h4-20,27-28,30H,3,21-25H2,1-2H3/t27-,28+,30-,40?/m1/s1. The van der Waals surface area contributed by atoms with Gasteiger partial charge in [0, 0.05) is 16.7 Å². The van der Waals surface area contributed by atoms with E-state index in [-0.39, 0.29) is 0 Å². The SMILES string of the molecule is CC[C@H]1C[C@H]2C[C@@H](C)CC(c3ccc(-c4ccc(-c5nc(-c6ccccc6)nc(-c6ccc(C#N)cc6)n5)cc4)cc3)(C2)C1. The van der Waals surface area contributed by atoms with Crippen LogP contribution in [0, 0.1) is 29.1 Å². The van der Waals surface area contributed by atoms with Gasteiger partial charge in [0.25, 0.3) is 0 Å². The minimum absolute atomic E-state index is 0.353. The zero-order valence-electron chi connectivity index (χ0n) is 25.6. The summed E-state index contributed by atoms with van der Waals surface area (Å²) >= 11 is 0. The maximum Gasteiger partial charge on any atom is 0.164 e. The highest BCUT2D eigenvalue weighted by Gasteiger charge is 2.45. The Balaban J connectivity index is 1.19. The van der Waals surface area contributed by atoms with Gasteiger partial charge < -0.3 is 0 Å². The second-order valence-corrected chi connectivity index (χ2v) is 13.1. The van der Waals surface area contributed by atoms with Gasteiger partial charge in [0.05, 0.1) is 11.6 Å². The molecule has 1 unspecified atom stereocenters. The molecule has 0 N–H and O–H groups in total. The number of fused-ring (bicyclic) bond motifs is 2. The summed E-state index contributed by atoms with van der Waals surface area (Å²) in [4.78, 5) is 14.5. The molecule has 0 amide bonds. The van der Waals surface area contributed by atoms with Crippen molar-refractivity contribution in [2.75, 3.05) is 0 Å². The molecule has 0 aliphatic heterocycles. The monoisotopic (exact) mass is 574 g/mol. The van der Waals surface area contributed by atoms with E-state index in [0.717, 1.165) is 34.4 Å². The Morgan fingerprint density at radius 2 is 1.16 bits per heavy atom. The predicted molar refractivity (Wildman–Crippen MR) is 177 cm³/mol. The molecule has 0 saturated heterocycles. The largest absolute Gasteiger partial charge is 0.208 e. The van der Waals surface area contributed by atoms with E-state index in [0.29, 0.717) is 28.5 Å². The molecule has 4 heteroatoms. The third-order valence-corrected chi connectivity index (χ3v) is 9.99. The first-order valence-corrected chi connectivity index (χ1v) is 16.1. The zero-order valence-corrected chi connectivity index (χ0v) is 25.6. The molecule has 2 aliphatic rings. The van der Waals surface area contributed by atoms with Crippen LogP contribution < -0.4 is 0 Å². The lowest BCUT2D eigenvalue weighted by molar-refractivity contribution is 0.0702. The summed E-state index contributed by atoms with van der Waals surface area (Å²) in [5.41, 5.74) is 7.65. The van der Waals surface area contributed by atoms with Gasteiger partial charge in [-0.25, -0.2) is 15.0 Å². The first kappa shape index (κ1) is 28.2. The number of hydrogen-bond donors (Lipinski definition) is 0. The average Bonchev–Trinajstić information content (AvgIpc) is 3.08. The highest BCUT2D eigenvalue weighted by molar-refractivity contribution is 5.70. The Hall–Kier alpha value is -4.62. The summed E-state index contributed by atoms with van der Waals surface area (Å²) in [7, 11) is 0. The third-order valence-electron chi connectivity index (χ3n) is 9.99. The predicted octanol–water partition coefficient (Wildman–Crippen LogP) is 9.91. The van der Waals surface area contributed by atoms with Crippen molar-refractivity contribution in [3.05, 3.63) is 114 Å². The fourth-order valence-electron chi connectivity index (χ4n) is 8.03. The van der Waals surface area contributed by atoms with Gasteiger partial charge >= 0.3 is 0 Å². The van der Waals surface area contributed by atoms with Gasteiger partial charge in [-0.15, -0.1) is 0 Å². The van der Waals surface area contributed by atoms with Crippen molar-refractivity contribution in [1.82, 2.24) is 15.0 Å². The highest BCUT2D eigenvalue weighted by atomic mass is 15.0. The Morgan fingerprint density at radius 1 is 0.636 bits per heavy atom. The van der Waals surface area contributed by atoms with Crippen LogP contribution in [0.1, 0.15) is 63.5 Å². The summed E-state index contributed by atoms with van der Waals surface area (Å²) in [5.74, 6) is 4.41. The molecule has 2 bridgehead atoms. The van der Waals surface area contributed by atoms with Crippen LogP contribution in [0.5, 0.6) is 0 Å². The lowest BCUT2D eigenvalue weighted by Gasteiger charge is -2.51. The second-order valence-electron chi connectivity index (χ2n) is 13.1. The van der Waals surface area contributed by atoms with Gasteiger partial charge in [-0.3, -0.25) is 0 Å². The van der Waals surface area contributed by atoms with Crippen LogP contribution in [0.15, 0.2) is 103 Å². The van der Waals surface area contributed by atoms with Crippen LogP contribution >= 0.6 is 0 Å². The molecule has 2 aliphatic carbocycles. The molecule has 218 valence electrons. The van der Waals surface area contributed by atoms with Gasteiger partial charge in [-0.1, -0.05) is 99.1 Å². The minimum Gasteiger partial charge on any atom is -0.208 e. The van der Waals surface area contributed by atoms with Gasteiger partial charge in [0.15, 0.2) is 17.5 Å². The topological polar surface area (TPSA) is 62.5 Å². The fourth-order valence-corrected chi connectivity index (χ4v) is 8.03.